The lowest BCUT2D eigenvalue weighted by Crippen LogP contribution is -2.22. The SMILES string of the molecule is CCOCCCCNCCOc1cc(Br)ccc1C. The molecule has 4 heteroatoms. The Morgan fingerprint density at radius 3 is 2.79 bits per heavy atom. The first-order valence-electron chi connectivity index (χ1n) is 6.91. The van der Waals surface area contributed by atoms with Crippen LogP contribution in [-0.4, -0.2) is 32.9 Å². The molecule has 19 heavy (non-hydrogen) atoms. The van der Waals surface area contributed by atoms with Crippen LogP contribution in [0.15, 0.2) is 22.7 Å². The molecule has 0 radical (unpaired) electrons. The van der Waals surface area contributed by atoms with E-state index in [-0.39, 0.29) is 0 Å². The third kappa shape index (κ3) is 7.55. The predicted octanol–water partition coefficient (Wildman–Crippen LogP) is 3.54. The summed E-state index contributed by atoms with van der Waals surface area (Å²) in [5.41, 5.74) is 1.17. The molecule has 0 aromatic heterocycles. The molecule has 1 rings (SSSR count). The van der Waals surface area contributed by atoms with E-state index in [9.17, 15) is 0 Å². The van der Waals surface area contributed by atoms with Crippen molar-refractivity contribution in [3.8, 4) is 5.75 Å². The number of nitrogens with one attached hydrogen (secondary N) is 1. The van der Waals surface area contributed by atoms with E-state index < -0.39 is 0 Å². The van der Waals surface area contributed by atoms with Gasteiger partial charge in [-0.25, -0.2) is 0 Å². The summed E-state index contributed by atoms with van der Waals surface area (Å²) in [6.45, 7) is 8.36. The summed E-state index contributed by atoms with van der Waals surface area (Å²) < 4.78 is 12.1. The maximum atomic E-state index is 5.75. The van der Waals surface area contributed by atoms with E-state index in [4.69, 9.17) is 9.47 Å². The van der Waals surface area contributed by atoms with Gasteiger partial charge in [-0.3, -0.25) is 0 Å². The van der Waals surface area contributed by atoms with Crippen LogP contribution in [0.2, 0.25) is 0 Å². The second-order valence-electron chi connectivity index (χ2n) is 4.41. The van der Waals surface area contributed by atoms with Crippen molar-refractivity contribution in [2.75, 3.05) is 32.9 Å². The Bertz CT molecular complexity index is 358. The monoisotopic (exact) mass is 329 g/mol. The number of halogens is 1. The molecular formula is C15H24BrNO2. The van der Waals surface area contributed by atoms with Gasteiger partial charge in [0, 0.05) is 24.2 Å². The zero-order chi connectivity index (χ0) is 13.9. The van der Waals surface area contributed by atoms with Crippen LogP contribution in [0.1, 0.15) is 25.3 Å². The van der Waals surface area contributed by atoms with Gasteiger partial charge in [0.15, 0.2) is 0 Å². The Balaban J connectivity index is 2.03. The standard InChI is InChI=1S/C15H24BrNO2/c1-3-18-10-5-4-8-17-9-11-19-15-12-14(16)7-6-13(15)2/h6-7,12,17H,3-5,8-11H2,1-2H3. The summed E-state index contributed by atoms with van der Waals surface area (Å²) in [7, 11) is 0. The molecule has 0 saturated carbocycles. The quantitative estimate of drug-likeness (QED) is 0.666. The van der Waals surface area contributed by atoms with E-state index in [0.29, 0.717) is 6.61 Å². The second-order valence-corrected chi connectivity index (χ2v) is 5.33. The lowest BCUT2D eigenvalue weighted by Gasteiger charge is -2.10. The molecule has 0 saturated heterocycles. The molecule has 108 valence electrons. The molecule has 0 aliphatic rings. The van der Waals surface area contributed by atoms with Gasteiger partial charge in [-0.1, -0.05) is 22.0 Å². The van der Waals surface area contributed by atoms with E-state index in [0.717, 1.165) is 49.4 Å². The van der Waals surface area contributed by atoms with Crippen molar-refractivity contribution in [2.45, 2.75) is 26.7 Å². The van der Waals surface area contributed by atoms with Crippen molar-refractivity contribution in [1.29, 1.82) is 0 Å². The molecule has 0 unspecified atom stereocenters. The van der Waals surface area contributed by atoms with Crippen LogP contribution in [0.5, 0.6) is 5.75 Å². The zero-order valence-electron chi connectivity index (χ0n) is 11.9. The van der Waals surface area contributed by atoms with Crippen molar-refractivity contribution in [2.24, 2.45) is 0 Å². The van der Waals surface area contributed by atoms with Crippen LogP contribution < -0.4 is 10.1 Å². The molecule has 0 bridgehead atoms. The Hall–Kier alpha value is -0.580. The highest BCUT2D eigenvalue weighted by Gasteiger charge is 1.99. The lowest BCUT2D eigenvalue weighted by molar-refractivity contribution is 0.143. The van der Waals surface area contributed by atoms with Crippen molar-refractivity contribution in [1.82, 2.24) is 5.32 Å². The number of unbranched alkanes of at least 4 members (excludes halogenated alkanes) is 1. The van der Waals surface area contributed by atoms with Gasteiger partial charge < -0.3 is 14.8 Å². The van der Waals surface area contributed by atoms with Crippen molar-refractivity contribution >= 4 is 15.9 Å². The molecule has 0 aliphatic heterocycles. The minimum absolute atomic E-state index is 0.697. The molecule has 0 heterocycles. The molecule has 1 aromatic carbocycles. The van der Waals surface area contributed by atoms with E-state index in [1.807, 2.05) is 19.1 Å². The summed E-state index contributed by atoms with van der Waals surface area (Å²) in [6.07, 6.45) is 2.27. The van der Waals surface area contributed by atoms with Gasteiger partial charge in [0.25, 0.3) is 0 Å². The Kier molecular flexibility index (Phi) is 8.88. The third-order valence-electron chi connectivity index (χ3n) is 2.78. The maximum Gasteiger partial charge on any atom is 0.123 e. The molecule has 0 spiro atoms. The fourth-order valence-corrected chi connectivity index (χ4v) is 2.03. The summed E-state index contributed by atoms with van der Waals surface area (Å²) >= 11 is 3.45. The zero-order valence-corrected chi connectivity index (χ0v) is 13.5. The Morgan fingerprint density at radius 2 is 2.00 bits per heavy atom. The molecule has 0 amide bonds. The van der Waals surface area contributed by atoms with Gasteiger partial charge in [0.05, 0.1) is 0 Å². The van der Waals surface area contributed by atoms with Crippen LogP contribution in [0.25, 0.3) is 0 Å². The largest absolute Gasteiger partial charge is 0.492 e. The van der Waals surface area contributed by atoms with Gasteiger partial charge in [-0.2, -0.15) is 0 Å². The second kappa shape index (κ2) is 10.2. The number of hydrogen-bond donors (Lipinski definition) is 1. The van der Waals surface area contributed by atoms with Crippen molar-refractivity contribution in [3.63, 3.8) is 0 Å². The number of hydrogen-bond acceptors (Lipinski definition) is 3. The minimum Gasteiger partial charge on any atom is -0.492 e. The summed E-state index contributed by atoms with van der Waals surface area (Å²) in [5.74, 6) is 0.951. The highest BCUT2D eigenvalue weighted by atomic mass is 79.9. The van der Waals surface area contributed by atoms with Crippen LogP contribution >= 0.6 is 15.9 Å². The van der Waals surface area contributed by atoms with Gasteiger partial charge in [0.1, 0.15) is 12.4 Å². The van der Waals surface area contributed by atoms with Gasteiger partial charge in [-0.05, 0) is 50.9 Å². The predicted molar refractivity (Wildman–Crippen MR) is 83.0 cm³/mol. The van der Waals surface area contributed by atoms with Crippen LogP contribution in [-0.2, 0) is 4.74 Å². The summed E-state index contributed by atoms with van der Waals surface area (Å²) in [6, 6.07) is 6.09. The Labute approximate surface area is 124 Å². The fraction of sp³-hybridized carbons (Fsp3) is 0.600. The minimum atomic E-state index is 0.697. The third-order valence-corrected chi connectivity index (χ3v) is 3.28. The highest BCUT2D eigenvalue weighted by Crippen LogP contribution is 2.22. The van der Waals surface area contributed by atoms with E-state index in [1.165, 1.54) is 5.56 Å². The van der Waals surface area contributed by atoms with Gasteiger partial charge in [-0.15, -0.1) is 0 Å². The topological polar surface area (TPSA) is 30.5 Å². The summed E-state index contributed by atoms with van der Waals surface area (Å²) in [5, 5.41) is 3.37. The first-order chi connectivity index (χ1) is 9.24. The number of benzene rings is 1. The van der Waals surface area contributed by atoms with E-state index in [1.54, 1.807) is 0 Å². The summed E-state index contributed by atoms with van der Waals surface area (Å²) in [4.78, 5) is 0. The molecule has 1 N–H and O–H groups in total. The number of aryl methyl sites for hydroxylation is 1. The first-order valence-corrected chi connectivity index (χ1v) is 7.70. The fourth-order valence-electron chi connectivity index (χ4n) is 1.69. The maximum absolute atomic E-state index is 5.75. The van der Waals surface area contributed by atoms with Crippen LogP contribution in [0, 0.1) is 6.92 Å². The molecule has 0 fully saturated rings. The van der Waals surface area contributed by atoms with Crippen molar-refractivity contribution in [3.05, 3.63) is 28.2 Å². The van der Waals surface area contributed by atoms with Gasteiger partial charge in [0.2, 0.25) is 0 Å². The highest BCUT2D eigenvalue weighted by molar-refractivity contribution is 9.10. The molecular weight excluding hydrogens is 306 g/mol. The number of rotatable bonds is 10. The van der Waals surface area contributed by atoms with Crippen LogP contribution in [0.4, 0.5) is 0 Å². The molecule has 0 atom stereocenters. The van der Waals surface area contributed by atoms with Crippen molar-refractivity contribution < 1.29 is 9.47 Å². The Morgan fingerprint density at radius 1 is 1.16 bits per heavy atom. The lowest BCUT2D eigenvalue weighted by atomic mass is 10.2. The molecule has 3 nitrogen and oxygen atoms in total. The average molecular weight is 330 g/mol. The normalized spacial score (nSPS) is 10.7. The van der Waals surface area contributed by atoms with Gasteiger partial charge >= 0.3 is 0 Å². The van der Waals surface area contributed by atoms with E-state index in [2.05, 4.69) is 34.2 Å². The average Bonchev–Trinajstić information content (AvgIpc) is 2.40. The smallest absolute Gasteiger partial charge is 0.123 e. The number of ether oxygens (including phenoxy) is 2. The van der Waals surface area contributed by atoms with E-state index >= 15 is 0 Å². The molecule has 0 aliphatic carbocycles. The molecule has 1 aromatic rings. The van der Waals surface area contributed by atoms with Crippen LogP contribution in [0.3, 0.4) is 0 Å². The first kappa shape index (κ1) is 16.5.